The summed E-state index contributed by atoms with van der Waals surface area (Å²) in [6, 6.07) is 21.0. The van der Waals surface area contributed by atoms with E-state index in [1.807, 2.05) is 36.4 Å². The molecule has 3 aromatic carbocycles. The van der Waals surface area contributed by atoms with Gasteiger partial charge in [-0.1, -0.05) is 35.3 Å². The van der Waals surface area contributed by atoms with E-state index in [1.54, 1.807) is 36.4 Å². The van der Waals surface area contributed by atoms with Gasteiger partial charge < -0.3 is 15.0 Å². The van der Waals surface area contributed by atoms with Crippen molar-refractivity contribution in [2.24, 2.45) is 0 Å². The Morgan fingerprint density at radius 3 is 2.20 bits per heavy atom. The summed E-state index contributed by atoms with van der Waals surface area (Å²) in [5.41, 5.74) is 1.33. The lowest BCUT2D eigenvalue weighted by Crippen LogP contribution is -2.38. The molecule has 0 aliphatic carbocycles. The van der Waals surface area contributed by atoms with Gasteiger partial charge in [-0.2, -0.15) is 0 Å². The zero-order valence-electron chi connectivity index (χ0n) is 19.4. The minimum absolute atomic E-state index is 0.212. The molecule has 0 radical (unpaired) electrons. The van der Waals surface area contributed by atoms with Gasteiger partial charge in [-0.25, -0.2) is 8.42 Å². The van der Waals surface area contributed by atoms with Crippen LogP contribution in [-0.4, -0.2) is 52.6 Å². The van der Waals surface area contributed by atoms with Crippen molar-refractivity contribution in [2.75, 3.05) is 49.0 Å². The van der Waals surface area contributed by atoms with Crippen molar-refractivity contribution in [1.29, 1.82) is 0 Å². The molecule has 0 saturated carbocycles. The number of nitrogens with zero attached hydrogens (tertiary/aromatic N) is 2. The molecule has 3 aromatic rings. The van der Waals surface area contributed by atoms with Crippen LogP contribution >= 0.6 is 23.2 Å². The van der Waals surface area contributed by atoms with E-state index in [2.05, 4.69) is 10.2 Å². The third-order valence-electron chi connectivity index (χ3n) is 5.89. The zero-order chi connectivity index (χ0) is 24.7. The van der Waals surface area contributed by atoms with Crippen molar-refractivity contribution >= 4 is 44.6 Å². The number of likely N-dealkylation sites (tertiary alicyclic amines) is 1. The van der Waals surface area contributed by atoms with Gasteiger partial charge in [0.05, 0.1) is 16.3 Å². The fourth-order valence-corrected chi connectivity index (χ4v) is 5.80. The molecule has 0 unspecified atom stereocenters. The Morgan fingerprint density at radius 2 is 1.51 bits per heavy atom. The van der Waals surface area contributed by atoms with Gasteiger partial charge in [-0.05, 0) is 86.6 Å². The van der Waals surface area contributed by atoms with Crippen LogP contribution in [0.15, 0.2) is 77.7 Å². The van der Waals surface area contributed by atoms with E-state index in [-0.39, 0.29) is 4.90 Å². The second-order valence-electron chi connectivity index (χ2n) is 8.33. The maximum absolute atomic E-state index is 13.7. The average Bonchev–Trinajstić information content (AvgIpc) is 3.38. The molecule has 1 fully saturated rings. The number of hydrogen-bond acceptors (Lipinski definition) is 5. The fourth-order valence-electron chi connectivity index (χ4n) is 4.07. The quantitative estimate of drug-likeness (QED) is 0.316. The van der Waals surface area contributed by atoms with Crippen molar-refractivity contribution in [3.05, 3.63) is 82.8 Å². The molecule has 6 nitrogen and oxygen atoms in total. The molecule has 1 saturated heterocycles. The molecule has 0 atom stereocenters. The first-order valence-electron chi connectivity index (χ1n) is 11.7. The average molecular weight is 535 g/mol. The van der Waals surface area contributed by atoms with Crippen LogP contribution < -0.4 is 14.4 Å². The first kappa shape index (κ1) is 25.6. The van der Waals surface area contributed by atoms with E-state index in [1.165, 1.54) is 4.31 Å². The second-order valence-corrected chi connectivity index (χ2v) is 11.1. The lowest BCUT2D eigenvalue weighted by molar-refractivity contribution is 0.333. The van der Waals surface area contributed by atoms with Crippen molar-refractivity contribution in [1.82, 2.24) is 4.90 Å². The maximum Gasteiger partial charge on any atom is 0.264 e. The molecular weight excluding hydrogens is 505 g/mol. The van der Waals surface area contributed by atoms with Crippen molar-refractivity contribution in [2.45, 2.75) is 17.7 Å². The molecule has 186 valence electrons. The summed E-state index contributed by atoms with van der Waals surface area (Å²) in [5, 5.41) is 4.49. The Kier molecular flexibility index (Phi) is 8.78. The highest BCUT2D eigenvalue weighted by atomic mass is 35.5. The zero-order valence-corrected chi connectivity index (χ0v) is 21.7. The van der Waals surface area contributed by atoms with Crippen LogP contribution in [0.25, 0.3) is 0 Å². The van der Waals surface area contributed by atoms with Gasteiger partial charge in [0.2, 0.25) is 0 Å². The maximum atomic E-state index is 13.7. The first-order valence-corrected chi connectivity index (χ1v) is 13.8. The van der Waals surface area contributed by atoms with Gasteiger partial charge >= 0.3 is 0 Å². The van der Waals surface area contributed by atoms with Crippen LogP contribution in [0.5, 0.6) is 5.75 Å². The van der Waals surface area contributed by atoms with Gasteiger partial charge in [0.15, 0.2) is 0 Å². The Morgan fingerprint density at radius 1 is 0.886 bits per heavy atom. The lowest BCUT2D eigenvalue weighted by Gasteiger charge is -2.29. The molecule has 0 bridgehead atoms. The van der Waals surface area contributed by atoms with Crippen LogP contribution in [0, 0.1) is 0 Å². The molecule has 1 N–H and O–H groups in total. The summed E-state index contributed by atoms with van der Waals surface area (Å²) in [6.45, 7) is 3.92. The van der Waals surface area contributed by atoms with Crippen LogP contribution in [0.4, 0.5) is 11.4 Å². The number of para-hydroxylation sites is 2. The van der Waals surface area contributed by atoms with E-state index in [0.29, 0.717) is 42.0 Å². The normalized spacial score (nSPS) is 14.1. The van der Waals surface area contributed by atoms with Gasteiger partial charge in [0.25, 0.3) is 10.0 Å². The van der Waals surface area contributed by atoms with Crippen molar-refractivity contribution < 1.29 is 13.2 Å². The summed E-state index contributed by atoms with van der Waals surface area (Å²) in [7, 11) is -3.80. The highest BCUT2D eigenvalue weighted by Crippen LogP contribution is 2.31. The van der Waals surface area contributed by atoms with Gasteiger partial charge in [-0.15, -0.1) is 0 Å². The van der Waals surface area contributed by atoms with Gasteiger partial charge in [-0.3, -0.25) is 4.31 Å². The topological polar surface area (TPSA) is 61.9 Å². The smallest absolute Gasteiger partial charge is 0.264 e. The summed E-state index contributed by atoms with van der Waals surface area (Å²) in [6.07, 6.45) is 2.30. The Balaban J connectivity index is 1.53. The van der Waals surface area contributed by atoms with Crippen molar-refractivity contribution in [3.63, 3.8) is 0 Å². The molecule has 1 heterocycles. The number of anilines is 2. The SMILES string of the molecule is O=S(=O)(c1ccc(Cl)cc1)N(CCN1CCCC1)c1ccccc1NCCOc1ccc(Cl)cc1. The van der Waals surface area contributed by atoms with Crippen LogP contribution in [0.1, 0.15) is 12.8 Å². The van der Waals surface area contributed by atoms with Crippen LogP contribution in [-0.2, 0) is 10.0 Å². The predicted octanol–water partition coefficient (Wildman–Crippen LogP) is 5.78. The second kappa shape index (κ2) is 12.0. The van der Waals surface area contributed by atoms with E-state index in [0.717, 1.165) is 37.4 Å². The molecule has 1 aliphatic rings. The van der Waals surface area contributed by atoms with Gasteiger partial charge in [0, 0.05) is 29.7 Å². The Bertz CT molecular complexity index is 1200. The number of rotatable bonds is 11. The number of benzene rings is 3. The Hall–Kier alpha value is -2.45. The van der Waals surface area contributed by atoms with Crippen LogP contribution in [0.3, 0.4) is 0 Å². The molecular formula is C26H29Cl2N3O3S. The van der Waals surface area contributed by atoms with E-state index >= 15 is 0 Å². The van der Waals surface area contributed by atoms with E-state index in [4.69, 9.17) is 27.9 Å². The molecule has 0 amide bonds. The summed E-state index contributed by atoms with van der Waals surface area (Å²) in [4.78, 5) is 2.52. The number of hydrogen-bond donors (Lipinski definition) is 1. The third kappa shape index (κ3) is 6.82. The minimum Gasteiger partial charge on any atom is -0.492 e. The number of nitrogens with one attached hydrogen (secondary N) is 1. The van der Waals surface area contributed by atoms with Crippen LogP contribution in [0.2, 0.25) is 10.0 Å². The predicted molar refractivity (Wildman–Crippen MR) is 144 cm³/mol. The van der Waals surface area contributed by atoms with E-state index in [9.17, 15) is 8.42 Å². The molecule has 9 heteroatoms. The Labute approximate surface area is 217 Å². The summed E-state index contributed by atoms with van der Waals surface area (Å²) in [5.74, 6) is 0.724. The standard InChI is InChI=1S/C26H29Cl2N3O3S/c27-21-7-11-23(12-8-21)34-20-15-29-25-5-1-2-6-26(25)31(19-18-30-16-3-4-17-30)35(32,33)24-13-9-22(28)10-14-24/h1-2,5-14,29H,3-4,15-20H2. The summed E-state index contributed by atoms with van der Waals surface area (Å²) >= 11 is 11.9. The lowest BCUT2D eigenvalue weighted by atomic mass is 10.2. The first-order chi connectivity index (χ1) is 16.9. The molecule has 0 aromatic heterocycles. The van der Waals surface area contributed by atoms with E-state index < -0.39 is 10.0 Å². The molecule has 35 heavy (non-hydrogen) atoms. The number of halogens is 2. The molecule has 0 spiro atoms. The monoisotopic (exact) mass is 533 g/mol. The molecule has 4 rings (SSSR count). The largest absolute Gasteiger partial charge is 0.492 e. The molecule has 1 aliphatic heterocycles. The third-order valence-corrected chi connectivity index (χ3v) is 8.22. The highest BCUT2D eigenvalue weighted by Gasteiger charge is 2.27. The fraction of sp³-hybridized carbons (Fsp3) is 0.308. The minimum atomic E-state index is -3.80. The number of ether oxygens (including phenoxy) is 1. The highest BCUT2D eigenvalue weighted by molar-refractivity contribution is 7.92. The number of sulfonamides is 1. The van der Waals surface area contributed by atoms with Crippen molar-refractivity contribution in [3.8, 4) is 5.75 Å². The summed E-state index contributed by atoms with van der Waals surface area (Å²) < 4.78 is 34.8. The van der Waals surface area contributed by atoms with Gasteiger partial charge in [0.1, 0.15) is 12.4 Å².